The quantitative estimate of drug-likeness (QED) is 0.458. The molecule has 1 aromatic carbocycles. The molecule has 1 amide bonds. The van der Waals surface area contributed by atoms with Gasteiger partial charge in [-0.05, 0) is 43.3 Å². The molecule has 3 aromatic heterocycles. The second-order valence-corrected chi connectivity index (χ2v) is 6.90. The number of carbonyl (C=O) groups is 1. The molecule has 1 N–H and O–H groups in total. The maximum Gasteiger partial charge on any atom is 0.264 e. The molecule has 0 spiro atoms. The third kappa shape index (κ3) is 3.76. The number of furan rings is 1. The van der Waals surface area contributed by atoms with E-state index in [0.29, 0.717) is 11.5 Å². The van der Waals surface area contributed by atoms with E-state index in [1.54, 1.807) is 19.1 Å². The zero-order chi connectivity index (χ0) is 21.4. The molecular weight excluding hydrogens is 421 g/mol. The third-order valence-electron chi connectivity index (χ3n) is 4.41. The molecule has 3 heterocycles. The molecule has 0 bridgehead atoms. The van der Waals surface area contributed by atoms with Gasteiger partial charge in [0.1, 0.15) is 18.1 Å². The highest BCUT2D eigenvalue weighted by atomic mass is 35.5. The fourth-order valence-corrected chi connectivity index (χ4v) is 3.31. The van der Waals surface area contributed by atoms with Gasteiger partial charge < -0.3 is 9.73 Å². The number of fused-ring (bicyclic) bond motifs is 1. The Hall–Kier alpha value is -3.33. The molecule has 0 fully saturated rings. The van der Waals surface area contributed by atoms with Gasteiger partial charge in [0, 0.05) is 11.3 Å². The van der Waals surface area contributed by atoms with Crippen molar-refractivity contribution in [2.75, 3.05) is 5.32 Å². The Morgan fingerprint density at radius 3 is 2.77 bits per heavy atom. The highest BCUT2D eigenvalue weighted by Crippen LogP contribution is 2.33. The van der Waals surface area contributed by atoms with Crippen LogP contribution in [0.5, 0.6) is 0 Å². The van der Waals surface area contributed by atoms with Crippen molar-refractivity contribution in [1.29, 1.82) is 0 Å². The summed E-state index contributed by atoms with van der Waals surface area (Å²) in [5.74, 6) is -0.807. The average Bonchev–Trinajstić information content (AvgIpc) is 3.33. The molecule has 0 aliphatic rings. The van der Waals surface area contributed by atoms with Crippen LogP contribution in [0.4, 0.5) is 18.9 Å². The van der Waals surface area contributed by atoms with E-state index in [1.165, 1.54) is 29.1 Å². The van der Waals surface area contributed by atoms with Gasteiger partial charge in [0.05, 0.1) is 22.4 Å². The monoisotopic (exact) mass is 434 g/mol. The van der Waals surface area contributed by atoms with E-state index in [4.69, 9.17) is 16.0 Å². The number of hydrogen-bond donors (Lipinski definition) is 1. The van der Waals surface area contributed by atoms with Crippen LogP contribution in [0.15, 0.2) is 47.1 Å². The second kappa shape index (κ2) is 7.83. The Kier molecular flexibility index (Phi) is 5.21. The van der Waals surface area contributed by atoms with Crippen LogP contribution in [0.25, 0.3) is 22.5 Å². The van der Waals surface area contributed by atoms with Gasteiger partial charge in [0.15, 0.2) is 11.4 Å². The summed E-state index contributed by atoms with van der Waals surface area (Å²) in [6, 6.07) is 8.22. The van der Waals surface area contributed by atoms with Crippen LogP contribution in [0, 0.1) is 12.7 Å². The molecule has 0 atom stereocenters. The first-order valence-electron chi connectivity index (χ1n) is 8.78. The number of hydrogen-bond acceptors (Lipinski definition) is 4. The van der Waals surface area contributed by atoms with Crippen LogP contribution in [-0.2, 0) is 11.3 Å². The summed E-state index contributed by atoms with van der Waals surface area (Å²) < 4.78 is 47.2. The lowest BCUT2D eigenvalue weighted by atomic mass is 10.1. The van der Waals surface area contributed by atoms with E-state index in [0.717, 1.165) is 6.07 Å². The lowest BCUT2D eigenvalue weighted by Gasteiger charge is -2.08. The highest BCUT2D eigenvalue weighted by molar-refractivity contribution is 6.31. The number of alkyl halides is 2. The smallest absolute Gasteiger partial charge is 0.264 e. The predicted octanol–water partition coefficient (Wildman–Crippen LogP) is 5.37. The summed E-state index contributed by atoms with van der Waals surface area (Å²) in [5.41, 5.74) is 0.688. The first-order chi connectivity index (χ1) is 14.3. The molecule has 4 aromatic rings. The minimum absolute atomic E-state index is 0.129. The number of anilines is 1. The Bertz CT molecular complexity index is 1240. The van der Waals surface area contributed by atoms with Crippen molar-refractivity contribution in [3.63, 3.8) is 0 Å². The van der Waals surface area contributed by atoms with E-state index < -0.39 is 18.1 Å². The fourth-order valence-electron chi connectivity index (χ4n) is 3.13. The molecule has 0 aliphatic carbocycles. The lowest BCUT2D eigenvalue weighted by Crippen LogP contribution is -2.20. The number of benzene rings is 1. The molecule has 0 radical (unpaired) electrons. The third-order valence-corrected chi connectivity index (χ3v) is 4.70. The number of aromatic nitrogens is 3. The van der Waals surface area contributed by atoms with Gasteiger partial charge in [-0.1, -0.05) is 11.6 Å². The van der Waals surface area contributed by atoms with Gasteiger partial charge in [-0.25, -0.2) is 22.8 Å². The van der Waals surface area contributed by atoms with Crippen molar-refractivity contribution in [2.45, 2.75) is 19.9 Å². The van der Waals surface area contributed by atoms with E-state index in [1.807, 2.05) is 0 Å². The number of rotatable bonds is 5. The van der Waals surface area contributed by atoms with Crippen LogP contribution in [0.3, 0.4) is 0 Å². The van der Waals surface area contributed by atoms with Gasteiger partial charge >= 0.3 is 0 Å². The van der Waals surface area contributed by atoms with Crippen LogP contribution in [0.1, 0.15) is 17.7 Å². The molecule has 0 saturated heterocycles. The van der Waals surface area contributed by atoms with Crippen molar-refractivity contribution in [2.24, 2.45) is 0 Å². The summed E-state index contributed by atoms with van der Waals surface area (Å²) >= 11 is 5.72. The summed E-state index contributed by atoms with van der Waals surface area (Å²) in [4.78, 5) is 16.9. The maximum absolute atomic E-state index is 13.7. The first-order valence-corrected chi connectivity index (χ1v) is 9.16. The summed E-state index contributed by atoms with van der Waals surface area (Å²) in [6.45, 7) is 1.27. The van der Waals surface area contributed by atoms with Gasteiger partial charge in [-0.3, -0.25) is 4.79 Å². The van der Waals surface area contributed by atoms with Crippen LogP contribution in [-0.4, -0.2) is 20.7 Å². The van der Waals surface area contributed by atoms with Crippen LogP contribution >= 0.6 is 11.6 Å². The SMILES string of the molecule is Cc1nn(CC(=O)Nc2ccc(F)c(Cl)c2)c2nc(-c3ccco3)cc(C(F)F)c12. The van der Waals surface area contributed by atoms with Crippen molar-refractivity contribution < 1.29 is 22.4 Å². The average molecular weight is 435 g/mol. The summed E-state index contributed by atoms with van der Waals surface area (Å²) in [6.07, 6.45) is -1.36. The van der Waals surface area contributed by atoms with Crippen molar-refractivity contribution in [3.8, 4) is 11.5 Å². The van der Waals surface area contributed by atoms with Gasteiger partial charge in [0.25, 0.3) is 6.43 Å². The molecule has 0 aliphatic heterocycles. The molecular formula is C20H14ClF3N4O2. The Morgan fingerprint density at radius 1 is 1.30 bits per heavy atom. The van der Waals surface area contributed by atoms with Gasteiger partial charge in [-0.2, -0.15) is 5.10 Å². The maximum atomic E-state index is 13.7. The first kappa shape index (κ1) is 20.0. The molecule has 4 rings (SSSR count). The number of amides is 1. The number of aryl methyl sites for hydroxylation is 1. The lowest BCUT2D eigenvalue weighted by molar-refractivity contribution is -0.116. The van der Waals surface area contributed by atoms with E-state index >= 15 is 0 Å². The largest absolute Gasteiger partial charge is 0.463 e. The fraction of sp³-hybridized carbons (Fsp3) is 0.150. The van der Waals surface area contributed by atoms with E-state index in [2.05, 4.69) is 15.4 Å². The Morgan fingerprint density at radius 2 is 2.10 bits per heavy atom. The number of carbonyl (C=O) groups excluding carboxylic acids is 1. The van der Waals surface area contributed by atoms with Gasteiger partial charge in [0.2, 0.25) is 5.91 Å². The molecule has 30 heavy (non-hydrogen) atoms. The predicted molar refractivity (Wildman–Crippen MR) is 105 cm³/mol. The highest BCUT2D eigenvalue weighted by Gasteiger charge is 2.22. The minimum Gasteiger partial charge on any atom is -0.463 e. The molecule has 0 saturated carbocycles. The topological polar surface area (TPSA) is 73.0 Å². The Balaban J connectivity index is 1.71. The van der Waals surface area contributed by atoms with E-state index in [-0.39, 0.29) is 39.5 Å². The number of nitrogens with one attached hydrogen (secondary N) is 1. The number of nitrogens with zero attached hydrogens (tertiary/aromatic N) is 3. The standard InChI is InChI=1S/C20H14ClF3N4O2/c1-10-18-12(19(23)24)8-15(16-3-2-6-30-16)26-20(18)28(27-10)9-17(29)25-11-4-5-14(22)13(21)7-11/h2-8,19H,9H2,1H3,(H,25,29). The van der Waals surface area contributed by atoms with Crippen LogP contribution < -0.4 is 5.32 Å². The molecule has 0 unspecified atom stereocenters. The summed E-state index contributed by atoms with van der Waals surface area (Å²) in [5, 5.41) is 6.82. The molecule has 154 valence electrons. The normalized spacial score (nSPS) is 11.4. The number of pyridine rings is 1. The number of halogens is 4. The second-order valence-electron chi connectivity index (χ2n) is 6.49. The Labute approximate surface area is 173 Å². The summed E-state index contributed by atoms with van der Waals surface area (Å²) in [7, 11) is 0. The molecule has 6 nitrogen and oxygen atoms in total. The van der Waals surface area contributed by atoms with Crippen molar-refractivity contribution >= 4 is 34.2 Å². The molecule has 10 heteroatoms. The minimum atomic E-state index is -2.77. The van der Waals surface area contributed by atoms with Crippen molar-refractivity contribution in [1.82, 2.24) is 14.8 Å². The van der Waals surface area contributed by atoms with Gasteiger partial charge in [-0.15, -0.1) is 0 Å². The zero-order valence-corrected chi connectivity index (χ0v) is 16.3. The van der Waals surface area contributed by atoms with E-state index in [9.17, 15) is 18.0 Å². The van der Waals surface area contributed by atoms with Crippen molar-refractivity contribution in [3.05, 3.63) is 64.8 Å². The van der Waals surface area contributed by atoms with Crippen LogP contribution in [0.2, 0.25) is 5.02 Å². The zero-order valence-electron chi connectivity index (χ0n) is 15.5.